The Kier molecular flexibility index (Phi) is 1.90. The topological polar surface area (TPSA) is 12.0 Å². The minimum Gasteiger partial charge on any atom is -0.319 e. The molecule has 3 aliphatic rings. The van der Waals surface area contributed by atoms with Crippen molar-refractivity contribution in [2.24, 2.45) is 10.8 Å². The summed E-state index contributed by atoms with van der Waals surface area (Å²) in [5.41, 5.74) is 1.24. The molecule has 0 aromatic carbocycles. The maximum Gasteiger partial charge on any atom is 0.0894 e. The van der Waals surface area contributed by atoms with Gasteiger partial charge in [-0.05, 0) is 50.0 Å². The van der Waals surface area contributed by atoms with Crippen molar-refractivity contribution >= 4 is 0 Å². The first-order valence-corrected chi connectivity index (χ1v) is 4.95. The highest BCUT2D eigenvalue weighted by Crippen LogP contribution is 2.74. The Bertz CT molecular complexity index is 159. The maximum absolute atomic E-state index is 11.9. The summed E-state index contributed by atoms with van der Waals surface area (Å²) in [6, 6.07) is 0. The van der Waals surface area contributed by atoms with Gasteiger partial charge in [0.05, 0.1) is 6.67 Å². The summed E-state index contributed by atoms with van der Waals surface area (Å²) in [5, 5.41) is 3.25. The van der Waals surface area contributed by atoms with Crippen molar-refractivity contribution in [1.82, 2.24) is 5.32 Å². The molecule has 0 unspecified atom stereocenters. The number of rotatable bonds is 5. The standard InChI is InChI=1S/C10H18FN/c1-12-8-10-5-9(6-10,7-10)3-2-4-11/h12H,2-8H2,1H3. The lowest BCUT2D eigenvalue weighted by Gasteiger charge is -2.71. The lowest BCUT2D eigenvalue weighted by Crippen LogP contribution is -2.64. The highest BCUT2D eigenvalue weighted by Gasteiger charge is 2.65. The van der Waals surface area contributed by atoms with Crippen LogP contribution in [0.15, 0.2) is 0 Å². The molecule has 0 aliphatic heterocycles. The van der Waals surface area contributed by atoms with Gasteiger partial charge >= 0.3 is 0 Å². The van der Waals surface area contributed by atoms with E-state index >= 15 is 0 Å². The van der Waals surface area contributed by atoms with Crippen LogP contribution in [-0.4, -0.2) is 20.3 Å². The average molecular weight is 171 g/mol. The molecule has 0 saturated heterocycles. The molecule has 70 valence electrons. The van der Waals surface area contributed by atoms with Crippen LogP contribution in [0, 0.1) is 10.8 Å². The third kappa shape index (κ3) is 1.08. The lowest BCUT2D eigenvalue weighted by molar-refractivity contribution is -0.204. The number of hydrogen-bond donors (Lipinski definition) is 1. The fourth-order valence-corrected chi connectivity index (χ4v) is 3.50. The van der Waals surface area contributed by atoms with Gasteiger partial charge in [0.1, 0.15) is 0 Å². The Morgan fingerprint density at radius 1 is 1.25 bits per heavy atom. The van der Waals surface area contributed by atoms with E-state index in [-0.39, 0.29) is 6.67 Å². The molecule has 3 saturated carbocycles. The SMILES string of the molecule is CNCC12CC(CCCF)(C1)C2. The predicted molar refractivity (Wildman–Crippen MR) is 47.9 cm³/mol. The van der Waals surface area contributed by atoms with Crippen molar-refractivity contribution in [2.45, 2.75) is 32.1 Å². The summed E-state index contributed by atoms with van der Waals surface area (Å²) >= 11 is 0. The second-order valence-electron chi connectivity index (χ2n) is 4.85. The first-order chi connectivity index (χ1) is 5.74. The molecule has 1 nitrogen and oxygen atoms in total. The first-order valence-electron chi connectivity index (χ1n) is 4.95. The summed E-state index contributed by atoms with van der Waals surface area (Å²) in [6.07, 6.45) is 6.01. The van der Waals surface area contributed by atoms with Gasteiger partial charge in [0, 0.05) is 6.54 Å². The summed E-state index contributed by atoms with van der Waals surface area (Å²) in [7, 11) is 2.02. The van der Waals surface area contributed by atoms with Crippen molar-refractivity contribution < 1.29 is 4.39 Å². The summed E-state index contributed by atoms with van der Waals surface area (Å²) in [5.74, 6) is 0. The van der Waals surface area contributed by atoms with Crippen LogP contribution in [-0.2, 0) is 0 Å². The van der Waals surface area contributed by atoms with Crippen molar-refractivity contribution in [2.75, 3.05) is 20.3 Å². The van der Waals surface area contributed by atoms with Gasteiger partial charge in [0.25, 0.3) is 0 Å². The highest BCUT2D eigenvalue weighted by atomic mass is 19.1. The largest absolute Gasteiger partial charge is 0.319 e. The quantitative estimate of drug-likeness (QED) is 0.668. The molecule has 3 fully saturated rings. The molecule has 1 N–H and O–H groups in total. The van der Waals surface area contributed by atoms with Gasteiger partial charge < -0.3 is 5.32 Å². The van der Waals surface area contributed by atoms with E-state index in [2.05, 4.69) is 5.32 Å². The third-order valence-electron chi connectivity index (χ3n) is 3.64. The molecule has 0 spiro atoms. The molecule has 3 rings (SSSR count). The van der Waals surface area contributed by atoms with Crippen molar-refractivity contribution in [3.63, 3.8) is 0 Å². The third-order valence-corrected chi connectivity index (χ3v) is 3.64. The molecular weight excluding hydrogens is 153 g/mol. The molecular formula is C10H18FN. The van der Waals surface area contributed by atoms with Crippen LogP contribution < -0.4 is 5.32 Å². The van der Waals surface area contributed by atoms with E-state index in [0.717, 1.165) is 12.8 Å². The summed E-state index contributed by atoms with van der Waals surface area (Å²) < 4.78 is 11.9. The second-order valence-corrected chi connectivity index (χ2v) is 4.85. The molecule has 0 heterocycles. The molecule has 0 amide bonds. The first kappa shape index (κ1) is 8.49. The van der Waals surface area contributed by atoms with Gasteiger partial charge in [-0.15, -0.1) is 0 Å². The van der Waals surface area contributed by atoms with Gasteiger partial charge in [-0.2, -0.15) is 0 Å². The van der Waals surface area contributed by atoms with Crippen molar-refractivity contribution in [1.29, 1.82) is 0 Å². The number of hydrogen-bond acceptors (Lipinski definition) is 1. The fourth-order valence-electron chi connectivity index (χ4n) is 3.50. The van der Waals surface area contributed by atoms with Crippen LogP contribution >= 0.6 is 0 Å². The van der Waals surface area contributed by atoms with Crippen molar-refractivity contribution in [3.8, 4) is 0 Å². The van der Waals surface area contributed by atoms with Gasteiger partial charge in [0.2, 0.25) is 0 Å². The van der Waals surface area contributed by atoms with E-state index in [1.807, 2.05) is 7.05 Å². The number of alkyl halides is 1. The van der Waals surface area contributed by atoms with Crippen LogP contribution in [0.1, 0.15) is 32.1 Å². The smallest absolute Gasteiger partial charge is 0.0894 e. The molecule has 3 aliphatic carbocycles. The Hall–Kier alpha value is -0.110. The molecule has 12 heavy (non-hydrogen) atoms. The fraction of sp³-hybridized carbons (Fsp3) is 1.00. The minimum atomic E-state index is -0.124. The maximum atomic E-state index is 11.9. The zero-order valence-corrected chi connectivity index (χ0v) is 7.83. The Morgan fingerprint density at radius 3 is 2.42 bits per heavy atom. The molecule has 0 aromatic heterocycles. The van der Waals surface area contributed by atoms with Crippen LogP contribution in [0.25, 0.3) is 0 Å². The Balaban J connectivity index is 1.72. The Labute approximate surface area is 73.7 Å². The normalized spacial score (nSPS) is 43.5. The second kappa shape index (κ2) is 2.69. The van der Waals surface area contributed by atoms with Crippen LogP contribution in [0.3, 0.4) is 0 Å². The average Bonchev–Trinajstić information content (AvgIpc) is 1.91. The van der Waals surface area contributed by atoms with Gasteiger partial charge in [-0.3, -0.25) is 4.39 Å². The monoisotopic (exact) mass is 171 g/mol. The van der Waals surface area contributed by atoms with E-state index in [4.69, 9.17) is 0 Å². The summed E-state index contributed by atoms with van der Waals surface area (Å²) in [4.78, 5) is 0. The van der Waals surface area contributed by atoms with E-state index in [9.17, 15) is 4.39 Å². The lowest BCUT2D eigenvalue weighted by atomic mass is 9.34. The van der Waals surface area contributed by atoms with E-state index < -0.39 is 0 Å². The number of halogens is 1. The molecule has 0 radical (unpaired) electrons. The molecule has 0 atom stereocenters. The Morgan fingerprint density at radius 2 is 1.92 bits per heavy atom. The van der Waals surface area contributed by atoms with Crippen LogP contribution in [0.5, 0.6) is 0 Å². The van der Waals surface area contributed by atoms with Crippen LogP contribution in [0.4, 0.5) is 4.39 Å². The molecule has 2 heteroatoms. The van der Waals surface area contributed by atoms with Gasteiger partial charge in [-0.25, -0.2) is 0 Å². The van der Waals surface area contributed by atoms with E-state index in [1.165, 1.54) is 25.8 Å². The highest BCUT2D eigenvalue weighted by molar-refractivity contribution is 5.17. The van der Waals surface area contributed by atoms with Crippen molar-refractivity contribution in [3.05, 3.63) is 0 Å². The van der Waals surface area contributed by atoms with E-state index in [1.54, 1.807) is 0 Å². The molecule has 2 bridgehead atoms. The zero-order valence-electron chi connectivity index (χ0n) is 7.83. The van der Waals surface area contributed by atoms with Gasteiger partial charge in [-0.1, -0.05) is 0 Å². The van der Waals surface area contributed by atoms with Crippen LogP contribution in [0.2, 0.25) is 0 Å². The zero-order chi connectivity index (χ0) is 8.66. The minimum absolute atomic E-state index is 0.124. The van der Waals surface area contributed by atoms with E-state index in [0.29, 0.717) is 10.8 Å². The summed E-state index contributed by atoms with van der Waals surface area (Å²) in [6.45, 7) is 1.05. The van der Waals surface area contributed by atoms with Gasteiger partial charge in [0.15, 0.2) is 0 Å². The number of nitrogens with one attached hydrogen (secondary N) is 1. The molecule has 0 aromatic rings. The predicted octanol–water partition coefficient (Wildman–Crippen LogP) is 2.13.